The molecule has 3 aromatic rings. The second-order valence-corrected chi connectivity index (χ2v) is 6.20. The Labute approximate surface area is 136 Å². The third-order valence-electron chi connectivity index (χ3n) is 2.98. The molecule has 0 saturated carbocycles. The van der Waals surface area contributed by atoms with Gasteiger partial charge in [0.2, 0.25) is 0 Å². The van der Waals surface area contributed by atoms with Crippen LogP contribution in [0.4, 0.5) is 0 Å². The van der Waals surface area contributed by atoms with E-state index >= 15 is 0 Å². The summed E-state index contributed by atoms with van der Waals surface area (Å²) in [5.41, 5.74) is 3.90. The van der Waals surface area contributed by atoms with Gasteiger partial charge in [-0.15, -0.1) is 11.3 Å². The molecule has 0 radical (unpaired) electrons. The maximum absolute atomic E-state index is 12.3. The van der Waals surface area contributed by atoms with Crippen LogP contribution in [0.1, 0.15) is 15.2 Å². The number of rotatable bonds is 4. The van der Waals surface area contributed by atoms with Gasteiger partial charge in [0.15, 0.2) is 0 Å². The van der Waals surface area contributed by atoms with E-state index in [1.165, 1.54) is 11.3 Å². The summed E-state index contributed by atoms with van der Waals surface area (Å²) in [5.74, 6) is -0.261. The average molecular weight is 330 g/mol. The highest BCUT2D eigenvalue weighted by Crippen LogP contribution is 2.19. The number of carbonyl (C=O) groups is 1. The molecule has 1 N–H and O–H groups in total. The first kappa shape index (κ1) is 14.6. The van der Waals surface area contributed by atoms with Crippen molar-refractivity contribution in [2.45, 2.75) is 0 Å². The fraction of sp³-hybridized carbons (Fsp3) is 0. The molecule has 4 nitrogen and oxygen atoms in total. The quantitative estimate of drug-likeness (QED) is 0.571. The van der Waals surface area contributed by atoms with Crippen LogP contribution in [0, 0.1) is 0 Å². The molecule has 0 aliphatic carbocycles. The highest BCUT2D eigenvalue weighted by atomic mass is 35.5. The van der Waals surface area contributed by atoms with Gasteiger partial charge in [0.25, 0.3) is 5.91 Å². The molecule has 0 unspecified atom stereocenters. The maximum Gasteiger partial charge on any atom is 0.273 e. The fourth-order valence-electron chi connectivity index (χ4n) is 2.00. The Balaban J connectivity index is 1.77. The topological polar surface area (TPSA) is 46.4 Å². The van der Waals surface area contributed by atoms with Crippen molar-refractivity contribution >= 4 is 35.1 Å². The Bertz CT molecular complexity index is 808. The average Bonchev–Trinajstić information content (AvgIpc) is 3.19. The normalized spacial score (nSPS) is 11.0. The second-order valence-electron chi connectivity index (χ2n) is 4.45. The van der Waals surface area contributed by atoms with Crippen molar-refractivity contribution < 1.29 is 4.79 Å². The zero-order valence-corrected chi connectivity index (χ0v) is 13.0. The summed E-state index contributed by atoms with van der Waals surface area (Å²) in [7, 11) is 0. The van der Waals surface area contributed by atoms with Crippen LogP contribution in [0.15, 0.2) is 66.0 Å². The number of thiophene rings is 1. The van der Waals surface area contributed by atoms with Crippen molar-refractivity contribution in [1.82, 2.24) is 9.99 Å². The van der Waals surface area contributed by atoms with Gasteiger partial charge in [-0.05, 0) is 36.4 Å². The Morgan fingerprint density at radius 1 is 1.14 bits per heavy atom. The number of aromatic nitrogens is 1. The number of carbonyl (C=O) groups excluding carboxylic acids is 1. The third-order valence-corrected chi connectivity index (χ3v) is 4.15. The minimum absolute atomic E-state index is 0.261. The van der Waals surface area contributed by atoms with E-state index in [1.54, 1.807) is 18.3 Å². The van der Waals surface area contributed by atoms with Gasteiger partial charge in [-0.1, -0.05) is 23.7 Å². The third kappa shape index (κ3) is 3.27. The van der Waals surface area contributed by atoms with E-state index in [0.29, 0.717) is 9.90 Å². The minimum atomic E-state index is -0.261. The molecule has 3 rings (SSSR count). The lowest BCUT2D eigenvalue weighted by Gasteiger charge is -2.08. The number of hydrogen-bond acceptors (Lipinski definition) is 3. The van der Waals surface area contributed by atoms with Crippen molar-refractivity contribution in [1.29, 1.82) is 0 Å². The van der Waals surface area contributed by atoms with E-state index in [9.17, 15) is 4.79 Å². The van der Waals surface area contributed by atoms with Gasteiger partial charge >= 0.3 is 0 Å². The lowest BCUT2D eigenvalue weighted by atomic mass is 10.1. The van der Waals surface area contributed by atoms with E-state index in [4.69, 9.17) is 11.6 Å². The molecule has 0 aliphatic heterocycles. The molecule has 110 valence electrons. The molecule has 0 aliphatic rings. The van der Waals surface area contributed by atoms with E-state index in [2.05, 4.69) is 10.5 Å². The summed E-state index contributed by atoms with van der Waals surface area (Å²) in [6, 6.07) is 14.8. The number of hydrazone groups is 1. The molecule has 2 aromatic heterocycles. The van der Waals surface area contributed by atoms with Crippen LogP contribution >= 0.6 is 22.9 Å². The van der Waals surface area contributed by atoms with Crippen molar-refractivity contribution in [3.8, 4) is 5.69 Å². The van der Waals surface area contributed by atoms with Crippen molar-refractivity contribution in [3.63, 3.8) is 0 Å². The number of amides is 1. The van der Waals surface area contributed by atoms with Crippen LogP contribution in [0.5, 0.6) is 0 Å². The molecular weight excluding hydrogens is 318 g/mol. The zero-order valence-electron chi connectivity index (χ0n) is 11.4. The standard InChI is InChI=1S/C16H12ClN3OS/c17-15-8-7-12(22-15)11-18-19-16(21)13-5-1-2-6-14(13)20-9-3-4-10-20/h1-11H,(H,19,21). The second kappa shape index (κ2) is 6.60. The molecule has 0 atom stereocenters. The van der Waals surface area contributed by atoms with Crippen LogP contribution in [-0.4, -0.2) is 16.7 Å². The van der Waals surface area contributed by atoms with Crippen LogP contribution in [0.2, 0.25) is 4.34 Å². The molecule has 2 heterocycles. The monoisotopic (exact) mass is 329 g/mol. The SMILES string of the molecule is O=C(NN=Cc1ccc(Cl)s1)c1ccccc1-n1cccc1. The smallest absolute Gasteiger partial charge is 0.273 e. The molecule has 1 amide bonds. The van der Waals surface area contributed by atoms with Gasteiger partial charge < -0.3 is 4.57 Å². The van der Waals surface area contributed by atoms with Crippen LogP contribution in [0.3, 0.4) is 0 Å². The summed E-state index contributed by atoms with van der Waals surface area (Å²) < 4.78 is 2.57. The Morgan fingerprint density at radius 2 is 1.91 bits per heavy atom. The van der Waals surface area contributed by atoms with Crippen LogP contribution in [0.25, 0.3) is 5.69 Å². The summed E-state index contributed by atoms with van der Waals surface area (Å²) in [4.78, 5) is 13.2. The van der Waals surface area contributed by atoms with E-state index in [1.807, 2.05) is 53.4 Å². The van der Waals surface area contributed by atoms with E-state index in [0.717, 1.165) is 10.6 Å². The molecule has 1 aromatic carbocycles. The Morgan fingerprint density at radius 3 is 2.64 bits per heavy atom. The lowest BCUT2D eigenvalue weighted by molar-refractivity contribution is 0.0955. The predicted octanol–water partition coefficient (Wildman–Crippen LogP) is 3.96. The van der Waals surface area contributed by atoms with Crippen LogP contribution < -0.4 is 5.43 Å². The Hall–Kier alpha value is -2.37. The van der Waals surface area contributed by atoms with Crippen molar-refractivity contribution in [3.05, 3.63) is 75.7 Å². The zero-order chi connectivity index (χ0) is 15.4. The molecular formula is C16H12ClN3OS. The summed E-state index contributed by atoms with van der Waals surface area (Å²) >= 11 is 7.24. The van der Waals surface area contributed by atoms with Gasteiger partial charge in [0.1, 0.15) is 0 Å². The van der Waals surface area contributed by atoms with Gasteiger partial charge in [0.05, 0.1) is 21.8 Å². The van der Waals surface area contributed by atoms with Gasteiger partial charge in [-0.2, -0.15) is 5.10 Å². The first-order valence-electron chi connectivity index (χ1n) is 6.55. The highest BCUT2D eigenvalue weighted by molar-refractivity contribution is 7.17. The first-order valence-corrected chi connectivity index (χ1v) is 7.74. The number of halogens is 1. The number of nitrogens with zero attached hydrogens (tertiary/aromatic N) is 2. The summed E-state index contributed by atoms with van der Waals surface area (Å²) in [5, 5.41) is 3.97. The van der Waals surface area contributed by atoms with Gasteiger partial charge in [0, 0.05) is 17.3 Å². The first-order chi connectivity index (χ1) is 10.7. The van der Waals surface area contributed by atoms with Crippen molar-refractivity contribution in [2.75, 3.05) is 0 Å². The molecule has 0 fully saturated rings. The Kier molecular flexibility index (Phi) is 4.37. The predicted molar refractivity (Wildman–Crippen MR) is 90.2 cm³/mol. The summed E-state index contributed by atoms with van der Waals surface area (Å²) in [6.45, 7) is 0. The highest BCUT2D eigenvalue weighted by Gasteiger charge is 2.10. The summed E-state index contributed by atoms with van der Waals surface area (Å²) in [6.07, 6.45) is 5.36. The van der Waals surface area contributed by atoms with Crippen molar-refractivity contribution in [2.24, 2.45) is 5.10 Å². The van der Waals surface area contributed by atoms with E-state index < -0.39 is 0 Å². The molecule has 0 saturated heterocycles. The molecule has 0 bridgehead atoms. The lowest BCUT2D eigenvalue weighted by Crippen LogP contribution is -2.19. The van der Waals surface area contributed by atoms with Crippen LogP contribution in [-0.2, 0) is 0 Å². The van der Waals surface area contributed by atoms with Gasteiger partial charge in [-0.25, -0.2) is 5.43 Å². The molecule has 0 spiro atoms. The fourth-order valence-corrected chi connectivity index (χ4v) is 2.93. The van der Waals surface area contributed by atoms with E-state index in [-0.39, 0.29) is 5.91 Å². The van der Waals surface area contributed by atoms with Gasteiger partial charge in [-0.3, -0.25) is 4.79 Å². The molecule has 22 heavy (non-hydrogen) atoms. The minimum Gasteiger partial charge on any atom is -0.323 e. The largest absolute Gasteiger partial charge is 0.323 e. The number of hydrogen-bond donors (Lipinski definition) is 1. The number of benzene rings is 1. The molecule has 6 heteroatoms. The maximum atomic E-state index is 12.3. The number of nitrogens with one attached hydrogen (secondary N) is 1. The number of para-hydroxylation sites is 1.